The number of hydrogen-bond acceptors (Lipinski definition) is 4. The zero-order chi connectivity index (χ0) is 13.7. The molecule has 0 aromatic heterocycles. The molecule has 0 radical (unpaired) electrons. The van der Waals surface area contributed by atoms with Crippen LogP contribution in [0.5, 0.6) is 0 Å². The number of hydrogen-bond donors (Lipinski definition) is 2. The monoisotopic (exact) mass is 271 g/mol. The summed E-state index contributed by atoms with van der Waals surface area (Å²) >= 11 is 0. The van der Waals surface area contributed by atoms with Crippen LogP contribution < -0.4 is 11.1 Å². The van der Waals surface area contributed by atoms with Crippen molar-refractivity contribution >= 4 is 5.96 Å². The maximum absolute atomic E-state index is 5.98. The van der Waals surface area contributed by atoms with Crippen LogP contribution >= 0.6 is 0 Å². The average molecular weight is 271 g/mol. The summed E-state index contributed by atoms with van der Waals surface area (Å²) in [6.07, 6.45) is 2.61. The Labute approximate surface area is 114 Å². The van der Waals surface area contributed by atoms with Crippen molar-refractivity contribution in [3.05, 3.63) is 0 Å². The summed E-state index contributed by atoms with van der Waals surface area (Å²) in [6.45, 7) is 6.71. The van der Waals surface area contributed by atoms with Crippen LogP contribution in [0.3, 0.4) is 0 Å². The van der Waals surface area contributed by atoms with Gasteiger partial charge in [-0.25, -0.2) is 0 Å². The van der Waals surface area contributed by atoms with Crippen LogP contribution in [-0.2, 0) is 14.2 Å². The number of nitrogens with zero attached hydrogens (tertiary/aromatic N) is 1. The second-order valence-corrected chi connectivity index (χ2v) is 5.25. The van der Waals surface area contributed by atoms with Gasteiger partial charge in [-0.15, -0.1) is 0 Å². The van der Waals surface area contributed by atoms with Crippen molar-refractivity contribution in [1.29, 1.82) is 0 Å². The Bertz CT molecular complexity index is 316. The van der Waals surface area contributed by atoms with Gasteiger partial charge in [0.25, 0.3) is 0 Å². The lowest BCUT2D eigenvalue weighted by molar-refractivity contribution is -0.210. The van der Waals surface area contributed by atoms with Gasteiger partial charge in [-0.05, 0) is 13.3 Å². The van der Waals surface area contributed by atoms with Crippen LogP contribution in [0.1, 0.15) is 33.1 Å². The van der Waals surface area contributed by atoms with Crippen LogP contribution in [0.4, 0.5) is 0 Å². The van der Waals surface area contributed by atoms with Gasteiger partial charge in [-0.2, -0.15) is 0 Å². The molecule has 19 heavy (non-hydrogen) atoms. The Balaban J connectivity index is 1.77. The molecule has 2 heterocycles. The van der Waals surface area contributed by atoms with Gasteiger partial charge in [0.2, 0.25) is 0 Å². The molecule has 0 aromatic carbocycles. The zero-order valence-electron chi connectivity index (χ0n) is 11.9. The molecular weight excluding hydrogens is 246 g/mol. The molecule has 0 saturated carbocycles. The molecule has 0 aromatic rings. The number of nitrogens with one attached hydrogen (secondary N) is 1. The van der Waals surface area contributed by atoms with Gasteiger partial charge in [0.1, 0.15) is 6.10 Å². The molecule has 2 aliphatic heterocycles. The summed E-state index contributed by atoms with van der Waals surface area (Å²) in [7, 11) is 0. The van der Waals surface area contributed by atoms with Gasteiger partial charge < -0.3 is 25.3 Å². The van der Waals surface area contributed by atoms with Crippen molar-refractivity contribution < 1.29 is 14.2 Å². The molecule has 2 rings (SSSR count). The molecule has 3 N–H and O–H groups in total. The van der Waals surface area contributed by atoms with Crippen LogP contribution in [-0.4, -0.2) is 50.3 Å². The van der Waals surface area contributed by atoms with Gasteiger partial charge in [0.15, 0.2) is 11.7 Å². The van der Waals surface area contributed by atoms with Gasteiger partial charge in [-0.3, -0.25) is 4.99 Å². The second kappa shape index (κ2) is 6.54. The minimum atomic E-state index is -0.433. The SMILES string of the molecule is CCC(C)NC(N)=NCC1COC2(CCOCC2)O1. The van der Waals surface area contributed by atoms with E-state index in [9.17, 15) is 0 Å². The summed E-state index contributed by atoms with van der Waals surface area (Å²) in [4.78, 5) is 4.32. The van der Waals surface area contributed by atoms with Crippen molar-refractivity contribution in [2.45, 2.75) is 51.0 Å². The first-order chi connectivity index (χ1) is 9.13. The third-order valence-corrected chi connectivity index (χ3v) is 3.64. The first-order valence-corrected chi connectivity index (χ1v) is 7.09. The highest BCUT2D eigenvalue weighted by Gasteiger charge is 2.42. The van der Waals surface area contributed by atoms with Gasteiger partial charge in [-0.1, -0.05) is 6.92 Å². The molecule has 0 bridgehead atoms. The van der Waals surface area contributed by atoms with Crippen molar-refractivity contribution in [2.24, 2.45) is 10.7 Å². The predicted octanol–water partition coefficient (Wildman–Crippen LogP) is 0.611. The van der Waals surface area contributed by atoms with E-state index < -0.39 is 5.79 Å². The van der Waals surface area contributed by atoms with E-state index in [4.69, 9.17) is 19.9 Å². The maximum Gasteiger partial charge on any atom is 0.188 e. The Hall–Kier alpha value is -0.850. The standard InChI is InChI=1S/C13H25N3O3/c1-3-10(2)16-12(14)15-8-11-9-18-13(19-11)4-6-17-7-5-13/h10-11H,3-9H2,1-2H3,(H3,14,15,16). The van der Waals surface area contributed by atoms with Crippen molar-refractivity contribution in [3.63, 3.8) is 0 Å². The molecule has 2 fully saturated rings. The summed E-state index contributed by atoms with van der Waals surface area (Å²) in [5, 5.41) is 3.14. The minimum absolute atomic E-state index is 0.00428. The van der Waals surface area contributed by atoms with Crippen LogP contribution in [0, 0.1) is 0 Å². The summed E-state index contributed by atoms with van der Waals surface area (Å²) in [5.74, 6) is 0.0445. The number of rotatable bonds is 4. The smallest absolute Gasteiger partial charge is 0.188 e. The van der Waals surface area contributed by atoms with E-state index >= 15 is 0 Å². The van der Waals surface area contributed by atoms with Gasteiger partial charge in [0, 0.05) is 18.9 Å². The molecule has 0 amide bonds. The normalized spacial score (nSPS) is 28.5. The Morgan fingerprint density at radius 1 is 1.47 bits per heavy atom. The highest BCUT2D eigenvalue weighted by atomic mass is 16.7. The quantitative estimate of drug-likeness (QED) is 0.578. The number of ether oxygens (including phenoxy) is 3. The van der Waals surface area contributed by atoms with Gasteiger partial charge >= 0.3 is 0 Å². The third-order valence-electron chi connectivity index (χ3n) is 3.64. The molecule has 1 spiro atoms. The molecule has 2 unspecified atom stereocenters. The third kappa shape index (κ3) is 4.06. The van der Waals surface area contributed by atoms with Crippen molar-refractivity contribution in [3.8, 4) is 0 Å². The minimum Gasteiger partial charge on any atom is -0.381 e. The topological polar surface area (TPSA) is 78.1 Å². The van der Waals surface area contributed by atoms with Crippen LogP contribution in [0.25, 0.3) is 0 Å². The van der Waals surface area contributed by atoms with E-state index in [2.05, 4.69) is 24.2 Å². The number of nitrogens with two attached hydrogens (primary N) is 1. The van der Waals surface area contributed by atoms with E-state index in [1.54, 1.807) is 0 Å². The fraction of sp³-hybridized carbons (Fsp3) is 0.923. The van der Waals surface area contributed by atoms with E-state index in [1.807, 2.05) is 0 Å². The number of guanidine groups is 1. The maximum atomic E-state index is 5.98. The Morgan fingerprint density at radius 3 is 2.89 bits per heavy atom. The first-order valence-electron chi connectivity index (χ1n) is 7.09. The van der Waals surface area contributed by atoms with E-state index in [-0.39, 0.29) is 6.10 Å². The first kappa shape index (κ1) is 14.6. The lowest BCUT2D eigenvalue weighted by atomic mass is 10.1. The molecule has 6 heteroatoms. The number of aliphatic imine (C=N–C) groups is 1. The van der Waals surface area contributed by atoms with E-state index in [0.717, 1.165) is 19.3 Å². The molecular formula is C13H25N3O3. The van der Waals surface area contributed by atoms with Gasteiger partial charge in [0.05, 0.1) is 26.4 Å². The Morgan fingerprint density at radius 2 is 2.21 bits per heavy atom. The van der Waals surface area contributed by atoms with Crippen molar-refractivity contribution in [2.75, 3.05) is 26.4 Å². The molecule has 2 saturated heterocycles. The summed E-state index contributed by atoms with van der Waals surface area (Å²) < 4.78 is 17.1. The molecule has 110 valence electrons. The Kier molecular flexibility index (Phi) is 5.01. The lowest BCUT2D eigenvalue weighted by Crippen LogP contribution is -2.39. The second-order valence-electron chi connectivity index (χ2n) is 5.25. The van der Waals surface area contributed by atoms with Crippen LogP contribution in [0.2, 0.25) is 0 Å². The molecule has 2 aliphatic rings. The summed E-state index contributed by atoms with van der Waals surface area (Å²) in [6, 6.07) is 0.339. The largest absolute Gasteiger partial charge is 0.381 e. The van der Waals surface area contributed by atoms with E-state index in [1.165, 1.54) is 0 Å². The lowest BCUT2D eigenvalue weighted by Gasteiger charge is -2.31. The predicted molar refractivity (Wildman–Crippen MR) is 73.0 cm³/mol. The highest BCUT2D eigenvalue weighted by molar-refractivity contribution is 5.78. The average Bonchev–Trinajstić information content (AvgIpc) is 2.80. The fourth-order valence-corrected chi connectivity index (χ4v) is 2.25. The molecule has 0 aliphatic carbocycles. The molecule has 6 nitrogen and oxygen atoms in total. The highest BCUT2D eigenvalue weighted by Crippen LogP contribution is 2.33. The van der Waals surface area contributed by atoms with Crippen molar-refractivity contribution in [1.82, 2.24) is 5.32 Å². The zero-order valence-corrected chi connectivity index (χ0v) is 11.9. The fourth-order valence-electron chi connectivity index (χ4n) is 2.25. The molecule has 2 atom stereocenters. The van der Waals surface area contributed by atoms with E-state index in [0.29, 0.717) is 38.4 Å². The summed E-state index contributed by atoms with van der Waals surface area (Å²) in [5.41, 5.74) is 5.82. The van der Waals surface area contributed by atoms with Crippen LogP contribution in [0.15, 0.2) is 4.99 Å².